The average molecular weight is 335 g/mol. The SMILES string of the molecule is NC(CC(=O)C1CCCC(=O)CC1)C1CCc2cc(F)c(F)cc21. The molecule has 2 N–H and O–H groups in total. The minimum Gasteiger partial charge on any atom is -0.327 e. The second kappa shape index (κ2) is 7.09. The predicted molar refractivity (Wildman–Crippen MR) is 86.6 cm³/mol. The molecule has 3 rings (SSSR count). The lowest BCUT2D eigenvalue weighted by Crippen LogP contribution is -2.32. The van der Waals surface area contributed by atoms with Gasteiger partial charge in [0.15, 0.2) is 11.6 Å². The summed E-state index contributed by atoms with van der Waals surface area (Å²) in [5, 5.41) is 0. The Kier molecular flexibility index (Phi) is 5.09. The van der Waals surface area contributed by atoms with E-state index in [0.717, 1.165) is 30.4 Å². The molecule has 0 saturated heterocycles. The Hall–Kier alpha value is -1.62. The molecule has 5 heteroatoms. The van der Waals surface area contributed by atoms with Crippen LogP contribution in [0.15, 0.2) is 12.1 Å². The number of carbonyl (C=O) groups excluding carboxylic acids is 2. The van der Waals surface area contributed by atoms with Crippen molar-refractivity contribution in [1.29, 1.82) is 0 Å². The Morgan fingerprint density at radius 3 is 2.67 bits per heavy atom. The van der Waals surface area contributed by atoms with Crippen molar-refractivity contribution in [2.24, 2.45) is 11.7 Å². The first-order valence-electron chi connectivity index (χ1n) is 8.73. The lowest BCUT2D eigenvalue weighted by Gasteiger charge is -2.22. The Morgan fingerprint density at radius 2 is 1.88 bits per heavy atom. The normalized spacial score (nSPS) is 25.2. The summed E-state index contributed by atoms with van der Waals surface area (Å²) in [7, 11) is 0. The number of Topliss-reactive ketones (excluding diaryl/α,β-unsaturated/α-hetero) is 2. The van der Waals surface area contributed by atoms with Crippen molar-refractivity contribution in [2.75, 3.05) is 0 Å². The summed E-state index contributed by atoms with van der Waals surface area (Å²) in [4.78, 5) is 24.0. The van der Waals surface area contributed by atoms with Crippen molar-refractivity contribution >= 4 is 11.6 Å². The zero-order chi connectivity index (χ0) is 17.3. The smallest absolute Gasteiger partial charge is 0.159 e. The molecule has 130 valence electrons. The third-order valence-electron chi connectivity index (χ3n) is 5.50. The van der Waals surface area contributed by atoms with Gasteiger partial charge in [-0.3, -0.25) is 9.59 Å². The Balaban J connectivity index is 1.66. The molecule has 1 aromatic carbocycles. The number of nitrogens with two attached hydrogens (primary N) is 1. The first kappa shape index (κ1) is 17.2. The maximum Gasteiger partial charge on any atom is 0.159 e. The molecule has 1 aromatic rings. The van der Waals surface area contributed by atoms with E-state index >= 15 is 0 Å². The fraction of sp³-hybridized carbons (Fsp3) is 0.579. The fourth-order valence-electron chi connectivity index (χ4n) is 4.09. The van der Waals surface area contributed by atoms with Gasteiger partial charge in [0.25, 0.3) is 0 Å². The topological polar surface area (TPSA) is 60.2 Å². The molecule has 2 aliphatic carbocycles. The molecule has 0 aliphatic heterocycles. The Labute approximate surface area is 140 Å². The van der Waals surface area contributed by atoms with Gasteiger partial charge < -0.3 is 5.73 Å². The second-order valence-electron chi connectivity index (χ2n) is 7.11. The lowest BCUT2D eigenvalue weighted by molar-refractivity contribution is -0.123. The van der Waals surface area contributed by atoms with E-state index in [1.165, 1.54) is 12.1 Å². The summed E-state index contributed by atoms with van der Waals surface area (Å²) in [5.41, 5.74) is 7.79. The van der Waals surface area contributed by atoms with Crippen molar-refractivity contribution < 1.29 is 18.4 Å². The van der Waals surface area contributed by atoms with Gasteiger partial charge in [-0.2, -0.15) is 0 Å². The van der Waals surface area contributed by atoms with Crippen LogP contribution in [0.5, 0.6) is 0 Å². The van der Waals surface area contributed by atoms with Crippen LogP contribution in [0.1, 0.15) is 62.0 Å². The van der Waals surface area contributed by atoms with Gasteiger partial charge in [0.2, 0.25) is 0 Å². The van der Waals surface area contributed by atoms with Crippen LogP contribution in [0.25, 0.3) is 0 Å². The van der Waals surface area contributed by atoms with Crippen molar-refractivity contribution in [3.05, 3.63) is 34.9 Å². The number of hydrogen-bond donors (Lipinski definition) is 1. The number of carbonyl (C=O) groups is 2. The predicted octanol–water partition coefficient (Wildman–Crippen LogP) is 3.43. The summed E-state index contributed by atoms with van der Waals surface area (Å²) in [6.45, 7) is 0. The number of rotatable bonds is 4. The van der Waals surface area contributed by atoms with E-state index < -0.39 is 11.6 Å². The molecule has 0 aromatic heterocycles. The summed E-state index contributed by atoms with van der Waals surface area (Å²) < 4.78 is 26.9. The molecule has 24 heavy (non-hydrogen) atoms. The molecule has 0 bridgehead atoms. The monoisotopic (exact) mass is 335 g/mol. The number of fused-ring (bicyclic) bond motifs is 1. The molecule has 3 unspecified atom stereocenters. The molecule has 3 nitrogen and oxygen atoms in total. The number of ketones is 2. The lowest BCUT2D eigenvalue weighted by atomic mass is 9.85. The maximum absolute atomic E-state index is 13.5. The van der Waals surface area contributed by atoms with E-state index in [2.05, 4.69) is 0 Å². The molecule has 1 saturated carbocycles. The highest BCUT2D eigenvalue weighted by Gasteiger charge is 2.32. The van der Waals surface area contributed by atoms with Crippen LogP contribution in [0.4, 0.5) is 8.78 Å². The largest absolute Gasteiger partial charge is 0.327 e. The Bertz CT molecular complexity index is 659. The van der Waals surface area contributed by atoms with Crippen LogP contribution < -0.4 is 5.73 Å². The molecule has 0 spiro atoms. The Morgan fingerprint density at radius 1 is 1.12 bits per heavy atom. The zero-order valence-corrected chi connectivity index (χ0v) is 13.7. The van der Waals surface area contributed by atoms with Gasteiger partial charge >= 0.3 is 0 Å². The van der Waals surface area contributed by atoms with Crippen LogP contribution in [0.2, 0.25) is 0 Å². The average Bonchev–Trinajstić information content (AvgIpc) is 2.80. The van der Waals surface area contributed by atoms with Gasteiger partial charge in [0.1, 0.15) is 11.6 Å². The minimum absolute atomic E-state index is 0.0895. The molecular formula is C19H23F2NO2. The number of aryl methyl sites for hydroxylation is 1. The molecule has 1 fully saturated rings. The van der Waals surface area contributed by atoms with Crippen LogP contribution >= 0.6 is 0 Å². The van der Waals surface area contributed by atoms with Crippen molar-refractivity contribution in [1.82, 2.24) is 0 Å². The molecule has 3 atom stereocenters. The highest BCUT2D eigenvalue weighted by Crippen LogP contribution is 2.37. The standard InChI is InChI=1S/C19H23F2NO2/c20-16-8-12-5-7-14(15(12)9-17(16)21)18(22)10-19(24)11-2-1-3-13(23)6-4-11/h8-9,11,14,18H,1-7,10,22H2. The van der Waals surface area contributed by atoms with Gasteiger partial charge in [-0.25, -0.2) is 8.78 Å². The van der Waals surface area contributed by atoms with Crippen LogP contribution in [0, 0.1) is 17.6 Å². The molecular weight excluding hydrogens is 312 g/mol. The van der Waals surface area contributed by atoms with E-state index in [1.54, 1.807) is 0 Å². The fourth-order valence-corrected chi connectivity index (χ4v) is 4.09. The number of benzene rings is 1. The van der Waals surface area contributed by atoms with E-state index in [9.17, 15) is 18.4 Å². The van der Waals surface area contributed by atoms with Crippen molar-refractivity contribution in [3.63, 3.8) is 0 Å². The van der Waals surface area contributed by atoms with Crippen LogP contribution in [0.3, 0.4) is 0 Å². The highest BCUT2D eigenvalue weighted by atomic mass is 19.2. The quantitative estimate of drug-likeness (QED) is 0.858. The summed E-state index contributed by atoms with van der Waals surface area (Å²) in [6, 6.07) is 2.09. The highest BCUT2D eigenvalue weighted by molar-refractivity contribution is 5.84. The van der Waals surface area contributed by atoms with Crippen molar-refractivity contribution in [2.45, 2.75) is 63.3 Å². The van der Waals surface area contributed by atoms with Crippen LogP contribution in [-0.2, 0) is 16.0 Å². The number of halogens is 2. The van der Waals surface area contributed by atoms with Gasteiger partial charge in [0, 0.05) is 37.1 Å². The van der Waals surface area contributed by atoms with E-state index in [-0.39, 0.29) is 35.9 Å². The first-order chi connectivity index (χ1) is 11.5. The second-order valence-corrected chi connectivity index (χ2v) is 7.11. The summed E-state index contributed by atoms with van der Waals surface area (Å²) >= 11 is 0. The van der Waals surface area contributed by atoms with Gasteiger partial charge in [-0.1, -0.05) is 0 Å². The van der Waals surface area contributed by atoms with E-state index in [4.69, 9.17) is 5.73 Å². The maximum atomic E-state index is 13.5. The van der Waals surface area contributed by atoms with Crippen molar-refractivity contribution in [3.8, 4) is 0 Å². The minimum atomic E-state index is -0.860. The van der Waals surface area contributed by atoms with E-state index in [1.807, 2.05) is 0 Å². The van der Waals surface area contributed by atoms with Gasteiger partial charge in [-0.05, 0) is 55.4 Å². The van der Waals surface area contributed by atoms with E-state index in [0.29, 0.717) is 25.7 Å². The summed E-state index contributed by atoms with van der Waals surface area (Å²) in [5.74, 6) is -1.55. The molecule has 0 heterocycles. The summed E-state index contributed by atoms with van der Waals surface area (Å²) in [6.07, 6.45) is 4.79. The molecule has 0 amide bonds. The molecule has 2 aliphatic rings. The third-order valence-corrected chi connectivity index (χ3v) is 5.50. The zero-order valence-electron chi connectivity index (χ0n) is 13.7. The first-order valence-corrected chi connectivity index (χ1v) is 8.73. The van der Waals surface area contributed by atoms with Crippen LogP contribution in [-0.4, -0.2) is 17.6 Å². The third kappa shape index (κ3) is 3.56. The number of hydrogen-bond acceptors (Lipinski definition) is 3. The van der Waals surface area contributed by atoms with Gasteiger partial charge in [-0.15, -0.1) is 0 Å². The van der Waals surface area contributed by atoms with Gasteiger partial charge in [0.05, 0.1) is 0 Å². The molecule has 0 radical (unpaired) electrons.